The Balaban J connectivity index is 1.83. The van der Waals surface area contributed by atoms with E-state index in [1.807, 2.05) is 0 Å². The van der Waals surface area contributed by atoms with Gasteiger partial charge in [-0.25, -0.2) is 8.42 Å². The first-order valence-electron chi connectivity index (χ1n) is 8.41. The first-order chi connectivity index (χ1) is 13.7. The van der Waals surface area contributed by atoms with E-state index in [1.54, 1.807) is 38.3 Å². The standard InChI is InChI=1S/C18H18N4O6S/c1-12-4-7-14(22(23)24)10-16(12)29(25,26)21(2)11-17-19-18(20-28-17)13-5-8-15(27-3)9-6-13/h4-10H,11H2,1-3H3. The van der Waals surface area contributed by atoms with Gasteiger partial charge in [0.1, 0.15) is 5.75 Å². The minimum Gasteiger partial charge on any atom is -0.497 e. The van der Waals surface area contributed by atoms with Crippen molar-refractivity contribution in [1.82, 2.24) is 14.4 Å². The number of hydrogen-bond donors (Lipinski definition) is 0. The number of sulfonamides is 1. The lowest BCUT2D eigenvalue weighted by Crippen LogP contribution is -2.27. The Morgan fingerprint density at radius 1 is 1.21 bits per heavy atom. The number of nitro benzene ring substituents is 1. The maximum Gasteiger partial charge on any atom is 0.270 e. The molecule has 0 amide bonds. The van der Waals surface area contributed by atoms with Crippen LogP contribution in [0.3, 0.4) is 0 Å². The van der Waals surface area contributed by atoms with Gasteiger partial charge in [0.15, 0.2) is 0 Å². The number of methoxy groups -OCH3 is 1. The summed E-state index contributed by atoms with van der Waals surface area (Å²) in [5.74, 6) is 1.07. The molecule has 152 valence electrons. The molecule has 11 heteroatoms. The first kappa shape index (κ1) is 20.4. The Bertz CT molecular complexity index is 1140. The van der Waals surface area contributed by atoms with Crippen LogP contribution in [0.1, 0.15) is 11.5 Å². The van der Waals surface area contributed by atoms with Crippen LogP contribution in [-0.4, -0.2) is 41.9 Å². The van der Waals surface area contributed by atoms with Crippen molar-refractivity contribution >= 4 is 15.7 Å². The number of non-ortho nitro benzene ring substituents is 1. The van der Waals surface area contributed by atoms with Gasteiger partial charge in [0.2, 0.25) is 21.7 Å². The number of ether oxygens (including phenoxy) is 1. The lowest BCUT2D eigenvalue weighted by Gasteiger charge is -2.16. The normalized spacial score (nSPS) is 11.6. The zero-order valence-corrected chi connectivity index (χ0v) is 16.7. The fourth-order valence-electron chi connectivity index (χ4n) is 2.60. The quantitative estimate of drug-likeness (QED) is 0.423. The highest BCUT2D eigenvalue weighted by molar-refractivity contribution is 7.89. The van der Waals surface area contributed by atoms with Gasteiger partial charge in [0.05, 0.1) is 23.5 Å². The molecule has 0 aliphatic carbocycles. The topological polar surface area (TPSA) is 129 Å². The van der Waals surface area contributed by atoms with E-state index in [-0.39, 0.29) is 23.0 Å². The Morgan fingerprint density at radius 3 is 2.52 bits per heavy atom. The average Bonchev–Trinajstić information content (AvgIpc) is 3.16. The van der Waals surface area contributed by atoms with Crippen LogP contribution in [0.25, 0.3) is 11.4 Å². The summed E-state index contributed by atoms with van der Waals surface area (Å²) >= 11 is 0. The van der Waals surface area contributed by atoms with Crippen molar-refractivity contribution in [3.8, 4) is 17.1 Å². The summed E-state index contributed by atoms with van der Waals surface area (Å²) in [6, 6.07) is 10.7. The second-order valence-corrected chi connectivity index (χ2v) is 8.22. The number of aryl methyl sites for hydroxylation is 1. The number of aromatic nitrogens is 2. The van der Waals surface area contributed by atoms with Gasteiger partial charge in [-0.1, -0.05) is 11.2 Å². The molecule has 0 saturated carbocycles. The molecule has 0 spiro atoms. The number of rotatable bonds is 7. The lowest BCUT2D eigenvalue weighted by molar-refractivity contribution is -0.385. The van der Waals surface area contributed by atoms with Gasteiger partial charge in [-0.2, -0.15) is 9.29 Å². The predicted molar refractivity (Wildman–Crippen MR) is 103 cm³/mol. The monoisotopic (exact) mass is 418 g/mol. The summed E-state index contributed by atoms with van der Waals surface area (Å²) in [6.45, 7) is 1.38. The highest BCUT2D eigenvalue weighted by Gasteiger charge is 2.27. The van der Waals surface area contributed by atoms with Crippen molar-refractivity contribution in [2.24, 2.45) is 0 Å². The number of hydrogen-bond acceptors (Lipinski definition) is 8. The van der Waals surface area contributed by atoms with E-state index in [0.29, 0.717) is 22.7 Å². The molecule has 0 N–H and O–H groups in total. The summed E-state index contributed by atoms with van der Waals surface area (Å²) in [5.41, 5.74) is 0.773. The van der Waals surface area contributed by atoms with Crippen LogP contribution in [-0.2, 0) is 16.6 Å². The van der Waals surface area contributed by atoms with Crippen molar-refractivity contribution in [2.75, 3.05) is 14.2 Å². The van der Waals surface area contributed by atoms with Gasteiger partial charge in [-0.15, -0.1) is 0 Å². The van der Waals surface area contributed by atoms with E-state index in [2.05, 4.69) is 10.1 Å². The molecule has 0 radical (unpaired) electrons. The van der Waals surface area contributed by atoms with E-state index in [0.717, 1.165) is 10.4 Å². The first-order valence-corrected chi connectivity index (χ1v) is 9.85. The van der Waals surface area contributed by atoms with Gasteiger partial charge in [0.25, 0.3) is 5.69 Å². The van der Waals surface area contributed by atoms with Gasteiger partial charge < -0.3 is 9.26 Å². The van der Waals surface area contributed by atoms with Crippen molar-refractivity contribution in [2.45, 2.75) is 18.4 Å². The highest BCUT2D eigenvalue weighted by Crippen LogP contribution is 2.25. The molecule has 29 heavy (non-hydrogen) atoms. The molecule has 3 aromatic rings. The maximum atomic E-state index is 12.9. The van der Waals surface area contributed by atoms with Gasteiger partial charge in [-0.05, 0) is 36.8 Å². The Hall–Kier alpha value is -3.31. The smallest absolute Gasteiger partial charge is 0.270 e. The lowest BCUT2D eigenvalue weighted by atomic mass is 10.2. The van der Waals surface area contributed by atoms with Crippen molar-refractivity contribution in [3.05, 3.63) is 64.0 Å². The van der Waals surface area contributed by atoms with E-state index in [4.69, 9.17) is 9.26 Å². The van der Waals surface area contributed by atoms with Gasteiger partial charge in [-0.3, -0.25) is 10.1 Å². The third kappa shape index (κ3) is 4.25. The zero-order chi connectivity index (χ0) is 21.2. The van der Waals surface area contributed by atoms with Gasteiger partial charge >= 0.3 is 0 Å². The molecule has 0 aliphatic heterocycles. The molecule has 1 aromatic heterocycles. The minimum absolute atomic E-state index is 0.0879. The Labute approximate surface area is 166 Å². The summed E-state index contributed by atoms with van der Waals surface area (Å²) in [4.78, 5) is 14.4. The maximum absolute atomic E-state index is 12.9. The zero-order valence-electron chi connectivity index (χ0n) is 15.9. The number of nitrogens with zero attached hydrogens (tertiary/aromatic N) is 4. The summed E-state index contributed by atoms with van der Waals surface area (Å²) in [6.07, 6.45) is 0. The molecule has 0 atom stereocenters. The molecule has 0 aliphatic rings. The molecular weight excluding hydrogens is 400 g/mol. The molecular formula is C18H18N4O6S. The van der Waals surface area contributed by atoms with Crippen LogP contribution >= 0.6 is 0 Å². The summed E-state index contributed by atoms with van der Waals surface area (Å²) < 4.78 is 37.0. The molecule has 0 unspecified atom stereocenters. The molecule has 1 heterocycles. The van der Waals surface area contributed by atoms with E-state index in [9.17, 15) is 18.5 Å². The van der Waals surface area contributed by atoms with Crippen LogP contribution in [0.4, 0.5) is 5.69 Å². The van der Waals surface area contributed by atoms with Crippen molar-refractivity contribution in [3.63, 3.8) is 0 Å². The number of benzene rings is 2. The average molecular weight is 418 g/mol. The van der Waals surface area contributed by atoms with E-state index >= 15 is 0 Å². The Morgan fingerprint density at radius 2 is 1.90 bits per heavy atom. The third-order valence-corrected chi connectivity index (χ3v) is 6.19. The second-order valence-electron chi connectivity index (χ2n) is 6.21. The largest absolute Gasteiger partial charge is 0.497 e. The van der Waals surface area contributed by atoms with Crippen LogP contribution in [0.5, 0.6) is 5.75 Å². The van der Waals surface area contributed by atoms with Gasteiger partial charge in [0, 0.05) is 24.7 Å². The van der Waals surface area contributed by atoms with E-state index < -0.39 is 14.9 Å². The van der Waals surface area contributed by atoms with Crippen LogP contribution < -0.4 is 4.74 Å². The summed E-state index contributed by atoms with van der Waals surface area (Å²) in [5, 5.41) is 14.9. The molecule has 3 rings (SSSR count). The molecule has 10 nitrogen and oxygen atoms in total. The van der Waals surface area contributed by atoms with E-state index in [1.165, 1.54) is 19.2 Å². The highest BCUT2D eigenvalue weighted by atomic mass is 32.2. The molecule has 0 fully saturated rings. The second kappa shape index (κ2) is 7.97. The van der Waals surface area contributed by atoms with Crippen LogP contribution in [0.15, 0.2) is 51.9 Å². The molecule has 0 bridgehead atoms. The fourth-order valence-corrected chi connectivity index (χ4v) is 3.96. The number of nitro groups is 1. The summed E-state index contributed by atoms with van der Waals surface area (Å²) in [7, 11) is -1.11. The third-order valence-electron chi connectivity index (χ3n) is 4.25. The fraction of sp³-hybridized carbons (Fsp3) is 0.222. The predicted octanol–water partition coefficient (Wildman–Crippen LogP) is 2.78. The molecule has 0 saturated heterocycles. The minimum atomic E-state index is -4.00. The van der Waals surface area contributed by atoms with Crippen molar-refractivity contribution in [1.29, 1.82) is 0 Å². The Kier molecular flexibility index (Phi) is 5.62. The SMILES string of the molecule is COc1ccc(-c2noc(CN(C)S(=O)(=O)c3cc([N+](=O)[O-])ccc3C)n2)cc1. The molecule has 2 aromatic carbocycles. The van der Waals surface area contributed by atoms with Crippen LogP contribution in [0, 0.1) is 17.0 Å². The van der Waals surface area contributed by atoms with Crippen LogP contribution in [0.2, 0.25) is 0 Å². The van der Waals surface area contributed by atoms with Crippen molar-refractivity contribution < 1.29 is 22.6 Å².